The third-order valence-electron chi connectivity index (χ3n) is 5.19. The van der Waals surface area contributed by atoms with Crippen molar-refractivity contribution in [3.05, 3.63) is 98.9 Å². The summed E-state index contributed by atoms with van der Waals surface area (Å²) in [5, 5.41) is 2.47. The van der Waals surface area contributed by atoms with Crippen molar-refractivity contribution >= 4 is 42.9 Å². The number of benzene rings is 3. The molecule has 0 bridgehead atoms. The number of nitrogens with zero attached hydrogens (tertiary/aromatic N) is 2. The van der Waals surface area contributed by atoms with Gasteiger partial charge in [-0.25, -0.2) is 13.2 Å². The molecule has 1 amide bonds. The van der Waals surface area contributed by atoms with Crippen molar-refractivity contribution in [3.8, 4) is 0 Å². The molecule has 35 heavy (non-hydrogen) atoms. The number of alkyl halides is 3. The van der Waals surface area contributed by atoms with Crippen LogP contribution in [0.5, 0.6) is 0 Å². The Hall–Kier alpha value is -3.38. The highest BCUT2D eigenvalue weighted by atomic mass is 79.9. The van der Waals surface area contributed by atoms with Crippen LogP contribution in [0.15, 0.2) is 87.0 Å². The second-order valence-corrected chi connectivity index (χ2v) is 10.3. The average molecular weight is 568 g/mol. The van der Waals surface area contributed by atoms with Crippen LogP contribution >= 0.6 is 15.9 Å². The fourth-order valence-corrected chi connectivity index (χ4v) is 5.21. The molecular weight excluding hydrogens is 551 g/mol. The van der Waals surface area contributed by atoms with Crippen molar-refractivity contribution in [1.29, 1.82) is 0 Å². The van der Waals surface area contributed by atoms with E-state index in [2.05, 4.69) is 21.2 Å². The Bertz CT molecular complexity index is 1580. The maximum absolute atomic E-state index is 13.2. The molecule has 0 saturated carbocycles. The van der Waals surface area contributed by atoms with Gasteiger partial charge in [0.25, 0.3) is 10.0 Å². The molecule has 0 aliphatic heterocycles. The molecule has 1 N–H and O–H groups in total. The number of halogens is 4. The lowest BCUT2D eigenvalue weighted by Gasteiger charge is -2.10. The third kappa shape index (κ3) is 5.03. The molecule has 182 valence electrons. The number of imidazole rings is 1. The lowest BCUT2D eigenvalue weighted by atomic mass is 10.1. The van der Waals surface area contributed by atoms with E-state index in [0.29, 0.717) is 8.45 Å². The summed E-state index contributed by atoms with van der Waals surface area (Å²) in [5.41, 5.74) is -1.26. The number of hydrogen-bond donors (Lipinski definition) is 1. The molecular formula is C23H17BrF3N3O4S. The Morgan fingerprint density at radius 1 is 0.943 bits per heavy atom. The van der Waals surface area contributed by atoms with Crippen molar-refractivity contribution in [2.45, 2.75) is 24.2 Å². The highest BCUT2D eigenvalue weighted by Crippen LogP contribution is 2.29. The Morgan fingerprint density at radius 2 is 1.60 bits per heavy atom. The van der Waals surface area contributed by atoms with Gasteiger partial charge in [-0.1, -0.05) is 40.2 Å². The lowest BCUT2D eigenvalue weighted by molar-refractivity contribution is -0.137. The molecule has 0 aliphatic rings. The molecule has 0 spiro atoms. The van der Waals surface area contributed by atoms with E-state index in [9.17, 15) is 31.2 Å². The minimum Gasteiger partial charge on any atom is -0.350 e. The second kappa shape index (κ2) is 9.34. The van der Waals surface area contributed by atoms with Crippen LogP contribution in [-0.4, -0.2) is 22.9 Å². The fourth-order valence-electron chi connectivity index (χ4n) is 3.53. The minimum atomic E-state index is -4.52. The molecule has 0 unspecified atom stereocenters. The molecule has 0 radical (unpaired) electrons. The van der Waals surface area contributed by atoms with Gasteiger partial charge in [0.05, 0.1) is 21.5 Å². The molecule has 7 nitrogen and oxygen atoms in total. The minimum absolute atomic E-state index is 0.0890. The largest absolute Gasteiger partial charge is 0.416 e. The summed E-state index contributed by atoms with van der Waals surface area (Å²) in [7, 11) is -4.28. The zero-order valence-corrected chi connectivity index (χ0v) is 20.2. The topological polar surface area (TPSA) is 90.2 Å². The van der Waals surface area contributed by atoms with E-state index in [1.807, 2.05) is 0 Å². The van der Waals surface area contributed by atoms with E-state index in [-0.39, 0.29) is 28.0 Å². The van der Waals surface area contributed by atoms with Crippen molar-refractivity contribution in [2.24, 2.45) is 0 Å². The third-order valence-corrected chi connectivity index (χ3v) is 7.42. The Balaban J connectivity index is 1.64. The molecule has 3 aromatic carbocycles. The van der Waals surface area contributed by atoms with Gasteiger partial charge in [0.1, 0.15) is 6.54 Å². The van der Waals surface area contributed by atoms with Gasteiger partial charge >= 0.3 is 11.9 Å². The summed E-state index contributed by atoms with van der Waals surface area (Å²) >= 11 is 3.23. The van der Waals surface area contributed by atoms with E-state index in [4.69, 9.17) is 0 Å². The number of rotatable bonds is 6. The summed E-state index contributed by atoms with van der Waals surface area (Å²) in [6.07, 6.45) is -4.52. The fraction of sp³-hybridized carbons (Fsp3) is 0.130. The van der Waals surface area contributed by atoms with Crippen LogP contribution < -0.4 is 11.0 Å². The van der Waals surface area contributed by atoms with E-state index >= 15 is 0 Å². The first kappa shape index (κ1) is 24.7. The van der Waals surface area contributed by atoms with Gasteiger partial charge in [-0.15, -0.1) is 0 Å². The van der Waals surface area contributed by atoms with Gasteiger partial charge in [-0.3, -0.25) is 9.36 Å². The summed E-state index contributed by atoms with van der Waals surface area (Å²) in [4.78, 5) is 25.6. The van der Waals surface area contributed by atoms with Gasteiger partial charge in [-0.05, 0) is 54.1 Å². The molecule has 0 saturated heterocycles. The summed E-state index contributed by atoms with van der Waals surface area (Å²) in [6.45, 7) is -0.728. The molecule has 0 atom stereocenters. The van der Waals surface area contributed by atoms with Crippen molar-refractivity contribution in [1.82, 2.24) is 13.9 Å². The van der Waals surface area contributed by atoms with Crippen LogP contribution in [-0.2, 0) is 34.1 Å². The molecule has 1 aromatic heterocycles. The number of nitrogens with one attached hydrogen (secondary N) is 1. The molecule has 4 rings (SSSR count). The van der Waals surface area contributed by atoms with Crippen LogP contribution in [0.3, 0.4) is 0 Å². The highest BCUT2D eigenvalue weighted by Gasteiger charge is 2.30. The molecule has 1 heterocycles. The first-order valence-electron chi connectivity index (χ1n) is 10.1. The predicted octanol–water partition coefficient (Wildman–Crippen LogP) is 4.14. The van der Waals surface area contributed by atoms with Gasteiger partial charge in [0.2, 0.25) is 5.91 Å². The maximum atomic E-state index is 13.2. The monoisotopic (exact) mass is 567 g/mol. The van der Waals surface area contributed by atoms with Crippen LogP contribution in [0, 0.1) is 0 Å². The molecule has 12 heteroatoms. The van der Waals surface area contributed by atoms with Crippen LogP contribution in [0.4, 0.5) is 13.2 Å². The van der Waals surface area contributed by atoms with Gasteiger partial charge in [0.15, 0.2) is 0 Å². The first-order chi connectivity index (χ1) is 16.5. The van der Waals surface area contributed by atoms with Gasteiger partial charge in [-0.2, -0.15) is 17.1 Å². The van der Waals surface area contributed by atoms with Crippen molar-refractivity contribution in [2.75, 3.05) is 0 Å². The number of fused-ring (bicyclic) bond motifs is 1. The number of hydrogen-bond acceptors (Lipinski definition) is 4. The normalized spacial score (nSPS) is 12.1. The van der Waals surface area contributed by atoms with Gasteiger partial charge < -0.3 is 5.32 Å². The molecule has 0 fully saturated rings. The van der Waals surface area contributed by atoms with Crippen molar-refractivity contribution < 1.29 is 26.4 Å². The zero-order chi connectivity index (χ0) is 25.4. The smallest absolute Gasteiger partial charge is 0.350 e. The van der Waals surface area contributed by atoms with Crippen LogP contribution in [0.1, 0.15) is 11.1 Å². The summed E-state index contributed by atoms with van der Waals surface area (Å²) in [6, 6.07) is 16.4. The number of carbonyl (C=O) groups excluding carboxylic acids is 1. The van der Waals surface area contributed by atoms with E-state index in [1.165, 1.54) is 48.5 Å². The number of aromatic nitrogens is 2. The quantitative estimate of drug-likeness (QED) is 0.379. The number of para-hydroxylation sites is 2. The summed E-state index contributed by atoms with van der Waals surface area (Å²) in [5.74, 6) is -0.673. The Kier molecular flexibility index (Phi) is 6.60. The zero-order valence-electron chi connectivity index (χ0n) is 17.8. The first-order valence-corrected chi connectivity index (χ1v) is 12.4. The van der Waals surface area contributed by atoms with Crippen molar-refractivity contribution in [3.63, 3.8) is 0 Å². The molecule has 0 aliphatic carbocycles. The Labute approximate surface area is 206 Å². The summed E-state index contributed by atoms with van der Waals surface area (Å²) < 4.78 is 67.5. The van der Waals surface area contributed by atoms with Crippen LogP contribution in [0.2, 0.25) is 0 Å². The standard InChI is InChI=1S/C23H17BrF3N3O4S/c24-17-8-10-18(11-9-17)35(33,34)30-20-7-2-1-6-19(20)29(22(30)32)14-21(31)28-13-15-4-3-5-16(12-15)23(25,26)27/h1-12H,13-14H2,(H,28,31). The maximum Gasteiger partial charge on any atom is 0.416 e. The Morgan fingerprint density at radius 3 is 2.26 bits per heavy atom. The SMILES string of the molecule is O=C(Cn1c(=O)n(S(=O)(=O)c2ccc(Br)cc2)c2ccccc21)NCc1cccc(C(F)(F)F)c1. The number of amides is 1. The van der Waals surface area contributed by atoms with E-state index in [0.717, 1.165) is 16.7 Å². The molecule has 4 aromatic rings. The van der Waals surface area contributed by atoms with Gasteiger partial charge in [0, 0.05) is 11.0 Å². The number of carbonyl (C=O) groups is 1. The predicted molar refractivity (Wildman–Crippen MR) is 126 cm³/mol. The average Bonchev–Trinajstić information content (AvgIpc) is 3.09. The van der Waals surface area contributed by atoms with Crippen LogP contribution in [0.25, 0.3) is 11.0 Å². The van der Waals surface area contributed by atoms with E-state index < -0.39 is 39.9 Å². The highest BCUT2D eigenvalue weighted by molar-refractivity contribution is 9.10. The van der Waals surface area contributed by atoms with E-state index in [1.54, 1.807) is 12.1 Å². The second-order valence-electron chi connectivity index (χ2n) is 7.56. The lowest BCUT2D eigenvalue weighted by Crippen LogP contribution is -2.34.